The quantitative estimate of drug-likeness (QED) is 0.511. The van der Waals surface area contributed by atoms with E-state index >= 15 is 0 Å². The van der Waals surface area contributed by atoms with Gasteiger partial charge < -0.3 is 10.1 Å². The number of anilines is 1. The Kier molecular flexibility index (Phi) is 5.31. The third kappa shape index (κ3) is 4.03. The van der Waals surface area contributed by atoms with Crippen molar-refractivity contribution in [3.8, 4) is 5.75 Å². The van der Waals surface area contributed by atoms with E-state index in [1.54, 1.807) is 24.3 Å². The molecule has 0 aliphatic rings. The first-order chi connectivity index (χ1) is 12.9. The van der Waals surface area contributed by atoms with Crippen molar-refractivity contribution < 1.29 is 27.1 Å². The maximum atomic E-state index is 13.5. The van der Waals surface area contributed by atoms with Crippen molar-refractivity contribution in [1.29, 1.82) is 0 Å². The SMILES string of the molecule is O=C(Nc1ccccc1Cl)c1ccn(COc2c(F)c(F)cc(F)c2F)n1. The molecule has 0 bridgehead atoms. The number of amides is 1. The standard InChI is InChI=1S/C17H10ClF4N3O2/c18-9-3-1-2-4-12(9)23-17(26)13-5-6-25(24-13)8-27-16-14(21)10(19)7-11(20)15(16)22/h1-7H,8H2,(H,23,26). The molecule has 140 valence electrons. The molecule has 0 atom stereocenters. The minimum Gasteiger partial charge on any atom is -0.465 e. The zero-order valence-corrected chi connectivity index (χ0v) is 14.1. The molecule has 0 fully saturated rings. The van der Waals surface area contributed by atoms with Crippen LogP contribution in [0.15, 0.2) is 42.6 Å². The summed E-state index contributed by atoms with van der Waals surface area (Å²) < 4.78 is 59.2. The second-order valence-corrected chi connectivity index (χ2v) is 5.65. The van der Waals surface area contributed by atoms with Gasteiger partial charge in [0.2, 0.25) is 11.6 Å². The number of nitrogens with zero attached hydrogens (tertiary/aromatic N) is 2. The van der Waals surface area contributed by atoms with Gasteiger partial charge in [-0.05, 0) is 18.2 Å². The van der Waals surface area contributed by atoms with E-state index in [1.165, 1.54) is 12.3 Å². The molecule has 1 amide bonds. The van der Waals surface area contributed by atoms with Gasteiger partial charge in [-0.2, -0.15) is 13.9 Å². The number of carbonyl (C=O) groups is 1. The van der Waals surface area contributed by atoms with Gasteiger partial charge in [0, 0.05) is 12.3 Å². The molecule has 3 aromatic rings. The van der Waals surface area contributed by atoms with Crippen LogP contribution in [0.25, 0.3) is 0 Å². The Morgan fingerprint density at radius 1 is 1.11 bits per heavy atom. The Labute approximate surface area is 155 Å². The minimum atomic E-state index is -1.67. The van der Waals surface area contributed by atoms with Crippen LogP contribution in [-0.2, 0) is 6.73 Å². The highest BCUT2D eigenvalue weighted by molar-refractivity contribution is 6.33. The molecule has 0 spiro atoms. The first-order valence-electron chi connectivity index (χ1n) is 7.42. The van der Waals surface area contributed by atoms with Crippen molar-refractivity contribution in [2.75, 3.05) is 5.32 Å². The highest BCUT2D eigenvalue weighted by atomic mass is 35.5. The fourth-order valence-electron chi connectivity index (χ4n) is 2.11. The van der Waals surface area contributed by atoms with E-state index in [9.17, 15) is 22.4 Å². The second-order valence-electron chi connectivity index (χ2n) is 5.25. The number of halogens is 5. The van der Waals surface area contributed by atoms with Gasteiger partial charge in [0.1, 0.15) is 0 Å². The zero-order valence-electron chi connectivity index (χ0n) is 13.3. The molecule has 10 heteroatoms. The summed E-state index contributed by atoms with van der Waals surface area (Å²) in [5.41, 5.74) is 0.333. The molecular formula is C17H10ClF4N3O2. The van der Waals surface area contributed by atoms with Gasteiger partial charge in [0.25, 0.3) is 5.91 Å². The largest absolute Gasteiger partial charge is 0.465 e. The van der Waals surface area contributed by atoms with Crippen molar-refractivity contribution in [2.24, 2.45) is 0 Å². The summed E-state index contributed by atoms with van der Waals surface area (Å²) in [7, 11) is 0. The van der Waals surface area contributed by atoms with Gasteiger partial charge in [-0.3, -0.25) is 4.79 Å². The lowest BCUT2D eigenvalue weighted by atomic mass is 10.3. The van der Waals surface area contributed by atoms with Crippen molar-refractivity contribution in [3.05, 3.63) is 76.6 Å². The number of aromatic nitrogens is 2. The van der Waals surface area contributed by atoms with Crippen LogP contribution in [0.3, 0.4) is 0 Å². The molecule has 0 saturated heterocycles. The summed E-state index contributed by atoms with van der Waals surface area (Å²) in [6, 6.07) is 7.93. The van der Waals surface area contributed by atoms with E-state index in [0.29, 0.717) is 10.7 Å². The summed E-state index contributed by atoms with van der Waals surface area (Å²) in [5.74, 6) is -8.33. The van der Waals surface area contributed by atoms with Gasteiger partial charge in [-0.15, -0.1) is 0 Å². The molecule has 1 heterocycles. The van der Waals surface area contributed by atoms with Crippen molar-refractivity contribution in [3.63, 3.8) is 0 Å². The van der Waals surface area contributed by atoms with Crippen LogP contribution in [-0.4, -0.2) is 15.7 Å². The Hall–Kier alpha value is -3.07. The predicted molar refractivity (Wildman–Crippen MR) is 88.5 cm³/mol. The van der Waals surface area contributed by atoms with E-state index in [0.717, 1.165) is 4.68 Å². The topological polar surface area (TPSA) is 56.2 Å². The van der Waals surface area contributed by atoms with Gasteiger partial charge >= 0.3 is 0 Å². The number of carbonyl (C=O) groups excluding carboxylic acids is 1. The average molecular weight is 400 g/mol. The third-order valence-corrected chi connectivity index (χ3v) is 3.74. The third-order valence-electron chi connectivity index (χ3n) is 3.41. The van der Waals surface area contributed by atoms with Crippen molar-refractivity contribution in [2.45, 2.75) is 6.73 Å². The summed E-state index contributed by atoms with van der Waals surface area (Å²) in [4.78, 5) is 12.1. The Balaban J connectivity index is 1.70. The summed E-state index contributed by atoms with van der Waals surface area (Å²) in [5, 5.41) is 6.73. The van der Waals surface area contributed by atoms with Crippen molar-refractivity contribution >= 4 is 23.2 Å². The van der Waals surface area contributed by atoms with Gasteiger partial charge in [-0.25, -0.2) is 13.5 Å². The number of ether oxygens (including phenoxy) is 1. The maximum absolute atomic E-state index is 13.5. The molecule has 0 aliphatic heterocycles. The maximum Gasteiger partial charge on any atom is 0.276 e. The van der Waals surface area contributed by atoms with Gasteiger partial charge in [0.05, 0.1) is 10.7 Å². The lowest BCUT2D eigenvalue weighted by Gasteiger charge is -2.09. The summed E-state index contributed by atoms with van der Waals surface area (Å²) >= 11 is 5.94. The molecule has 0 radical (unpaired) electrons. The fraction of sp³-hybridized carbons (Fsp3) is 0.0588. The van der Waals surface area contributed by atoms with Crippen LogP contribution in [0.5, 0.6) is 5.75 Å². The lowest BCUT2D eigenvalue weighted by molar-refractivity contribution is 0.102. The van der Waals surface area contributed by atoms with Gasteiger partial charge in [0.15, 0.2) is 29.8 Å². The van der Waals surface area contributed by atoms with Crippen LogP contribution in [0.4, 0.5) is 23.2 Å². The van der Waals surface area contributed by atoms with E-state index in [2.05, 4.69) is 10.4 Å². The second kappa shape index (κ2) is 7.67. The summed E-state index contributed by atoms with van der Waals surface area (Å²) in [6.45, 7) is -0.587. The number of nitrogens with one attached hydrogen (secondary N) is 1. The minimum absolute atomic E-state index is 0.0371. The van der Waals surface area contributed by atoms with Crippen LogP contribution in [0, 0.1) is 23.3 Å². The Morgan fingerprint density at radius 2 is 1.78 bits per heavy atom. The normalized spacial score (nSPS) is 10.7. The predicted octanol–water partition coefficient (Wildman–Crippen LogP) is 4.38. The number of benzene rings is 2. The van der Waals surface area contributed by atoms with Crippen molar-refractivity contribution in [1.82, 2.24) is 9.78 Å². The lowest BCUT2D eigenvalue weighted by Crippen LogP contribution is -2.15. The molecule has 0 unspecified atom stereocenters. The van der Waals surface area contributed by atoms with Gasteiger partial charge in [-0.1, -0.05) is 23.7 Å². The molecule has 2 aromatic carbocycles. The first-order valence-corrected chi connectivity index (χ1v) is 7.79. The van der Waals surface area contributed by atoms with E-state index in [4.69, 9.17) is 16.3 Å². The van der Waals surface area contributed by atoms with Crippen LogP contribution >= 0.6 is 11.6 Å². The van der Waals surface area contributed by atoms with Crippen LogP contribution in [0.2, 0.25) is 5.02 Å². The highest BCUT2D eigenvalue weighted by Gasteiger charge is 2.21. The Bertz CT molecular complexity index is 984. The van der Waals surface area contributed by atoms with Crippen LogP contribution < -0.4 is 10.1 Å². The first kappa shape index (κ1) is 18.7. The number of hydrogen-bond donors (Lipinski definition) is 1. The average Bonchev–Trinajstić information content (AvgIpc) is 3.11. The number of para-hydroxylation sites is 1. The smallest absolute Gasteiger partial charge is 0.276 e. The monoisotopic (exact) mass is 399 g/mol. The van der Waals surface area contributed by atoms with E-state index in [-0.39, 0.29) is 11.8 Å². The molecule has 0 aliphatic carbocycles. The van der Waals surface area contributed by atoms with E-state index in [1.807, 2.05) is 0 Å². The summed E-state index contributed by atoms with van der Waals surface area (Å²) in [6.07, 6.45) is 1.28. The molecule has 1 aromatic heterocycles. The molecular weight excluding hydrogens is 390 g/mol. The highest BCUT2D eigenvalue weighted by Crippen LogP contribution is 2.26. The molecule has 1 N–H and O–H groups in total. The molecule has 0 saturated carbocycles. The Morgan fingerprint density at radius 3 is 2.44 bits per heavy atom. The van der Waals surface area contributed by atoms with Crippen LogP contribution in [0.1, 0.15) is 10.5 Å². The molecule has 27 heavy (non-hydrogen) atoms. The number of hydrogen-bond acceptors (Lipinski definition) is 3. The zero-order chi connectivity index (χ0) is 19.6. The molecule has 3 rings (SSSR count). The fourth-order valence-corrected chi connectivity index (χ4v) is 2.30. The molecule has 5 nitrogen and oxygen atoms in total. The van der Waals surface area contributed by atoms with E-state index < -0.39 is 41.7 Å². The number of rotatable bonds is 5.